The average Bonchev–Trinajstić information content (AvgIpc) is 2.34. The van der Waals surface area contributed by atoms with Crippen LogP contribution < -0.4 is 0 Å². The topological polar surface area (TPSA) is 26.0 Å². The van der Waals surface area contributed by atoms with Gasteiger partial charge in [0.05, 0.1) is 0 Å². The number of halogens is 2. The molecule has 1 aromatic carbocycles. The first-order valence-corrected chi connectivity index (χ1v) is 4.54. The Morgan fingerprint density at radius 1 is 1.27 bits per heavy atom. The van der Waals surface area contributed by atoms with E-state index in [1.165, 1.54) is 6.39 Å². The average molecular weight is 277 g/mol. The van der Waals surface area contributed by atoms with Gasteiger partial charge in [-0.05, 0) is 28.1 Å². The zero-order valence-electron chi connectivity index (χ0n) is 5.34. The molecule has 0 spiro atoms. The van der Waals surface area contributed by atoms with Crippen LogP contribution in [-0.2, 0) is 0 Å². The molecular weight excluding hydrogens is 274 g/mol. The Bertz CT molecular complexity index is 396. The van der Waals surface area contributed by atoms with Crippen molar-refractivity contribution in [3.05, 3.63) is 27.5 Å². The van der Waals surface area contributed by atoms with E-state index in [2.05, 4.69) is 36.8 Å². The van der Waals surface area contributed by atoms with Gasteiger partial charge >= 0.3 is 0 Å². The van der Waals surface area contributed by atoms with Crippen LogP contribution >= 0.6 is 31.9 Å². The van der Waals surface area contributed by atoms with Gasteiger partial charge in [0.25, 0.3) is 0 Å². The van der Waals surface area contributed by atoms with E-state index in [-0.39, 0.29) is 0 Å². The van der Waals surface area contributed by atoms with Crippen molar-refractivity contribution in [1.82, 2.24) is 4.98 Å². The largest absolute Gasteiger partial charge is 0.443 e. The highest BCUT2D eigenvalue weighted by Gasteiger charge is 2.03. The summed E-state index contributed by atoms with van der Waals surface area (Å²) in [4.78, 5) is 4.02. The smallest absolute Gasteiger partial charge is 0.182 e. The zero-order valence-corrected chi connectivity index (χ0v) is 8.52. The summed E-state index contributed by atoms with van der Waals surface area (Å²) >= 11 is 6.72. The van der Waals surface area contributed by atoms with Gasteiger partial charge in [-0.3, -0.25) is 0 Å². The summed E-state index contributed by atoms with van der Waals surface area (Å²) < 4.78 is 7.03. The molecule has 0 aliphatic heterocycles. The first kappa shape index (κ1) is 7.31. The van der Waals surface area contributed by atoms with Crippen LogP contribution in [0.4, 0.5) is 0 Å². The van der Waals surface area contributed by atoms with Crippen LogP contribution in [0.2, 0.25) is 0 Å². The van der Waals surface area contributed by atoms with Gasteiger partial charge in [-0.2, -0.15) is 0 Å². The van der Waals surface area contributed by atoms with Crippen molar-refractivity contribution in [2.45, 2.75) is 0 Å². The summed E-state index contributed by atoms with van der Waals surface area (Å²) in [5, 5.41) is 0. The molecule has 0 atom stereocenters. The monoisotopic (exact) mass is 275 g/mol. The second-order valence-electron chi connectivity index (χ2n) is 2.09. The summed E-state index contributed by atoms with van der Waals surface area (Å²) in [6.45, 7) is 0. The third kappa shape index (κ3) is 1.20. The van der Waals surface area contributed by atoms with Crippen molar-refractivity contribution < 1.29 is 4.42 Å². The third-order valence-corrected chi connectivity index (χ3v) is 2.42. The minimum Gasteiger partial charge on any atom is -0.443 e. The summed E-state index contributed by atoms with van der Waals surface area (Å²) in [6.07, 6.45) is 1.43. The lowest BCUT2D eigenvalue weighted by molar-refractivity contribution is 0.602. The fourth-order valence-corrected chi connectivity index (χ4v) is 2.18. The van der Waals surface area contributed by atoms with Crippen LogP contribution in [-0.4, -0.2) is 4.98 Å². The fraction of sp³-hybridized carbons (Fsp3) is 0. The SMILES string of the molecule is Brc1cc(Br)c2ncoc2c1. The summed E-state index contributed by atoms with van der Waals surface area (Å²) in [7, 11) is 0. The fourth-order valence-electron chi connectivity index (χ4n) is 0.893. The van der Waals surface area contributed by atoms with E-state index in [0.717, 1.165) is 20.0 Å². The number of fused-ring (bicyclic) bond motifs is 1. The van der Waals surface area contributed by atoms with Crippen LogP contribution in [0, 0.1) is 0 Å². The molecule has 2 nitrogen and oxygen atoms in total. The van der Waals surface area contributed by atoms with Crippen molar-refractivity contribution in [3.63, 3.8) is 0 Å². The van der Waals surface area contributed by atoms with Gasteiger partial charge in [-0.15, -0.1) is 0 Å². The molecule has 0 N–H and O–H groups in total. The Morgan fingerprint density at radius 2 is 2.09 bits per heavy atom. The summed E-state index contributed by atoms with van der Waals surface area (Å²) in [5.41, 5.74) is 1.64. The Morgan fingerprint density at radius 3 is 2.91 bits per heavy atom. The Labute approximate surface area is 79.9 Å². The minimum atomic E-state index is 0.784. The molecule has 0 bridgehead atoms. The molecule has 0 aliphatic rings. The molecule has 56 valence electrons. The molecule has 0 radical (unpaired) electrons. The Kier molecular flexibility index (Phi) is 1.73. The van der Waals surface area contributed by atoms with Crippen molar-refractivity contribution in [3.8, 4) is 0 Å². The Balaban J connectivity index is 2.91. The quantitative estimate of drug-likeness (QED) is 0.738. The molecular formula is C7H3Br2NO. The highest BCUT2D eigenvalue weighted by molar-refractivity contribution is 9.11. The lowest BCUT2D eigenvalue weighted by atomic mass is 10.3. The maximum Gasteiger partial charge on any atom is 0.182 e. The molecule has 2 rings (SSSR count). The number of benzene rings is 1. The minimum absolute atomic E-state index is 0.784. The molecule has 11 heavy (non-hydrogen) atoms. The number of aromatic nitrogens is 1. The van der Waals surface area contributed by atoms with Gasteiger partial charge in [0.1, 0.15) is 5.52 Å². The van der Waals surface area contributed by atoms with Crippen LogP contribution in [0.25, 0.3) is 11.1 Å². The van der Waals surface area contributed by atoms with E-state index in [0.29, 0.717) is 0 Å². The second kappa shape index (κ2) is 2.60. The van der Waals surface area contributed by atoms with Crippen LogP contribution in [0.3, 0.4) is 0 Å². The highest BCUT2D eigenvalue weighted by atomic mass is 79.9. The van der Waals surface area contributed by atoms with E-state index in [1.54, 1.807) is 0 Å². The molecule has 0 unspecified atom stereocenters. The zero-order chi connectivity index (χ0) is 7.84. The van der Waals surface area contributed by atoms with Crippen molar-refractivity contribution in [2.75, 3.05) is 0 Å². The third-order valence-electron chi connectivity index (χ3n) is 1.35. The molecule has 0 fully saturated rings. The maximum atomic E-state index is 5.11. The summed E-state index contributed by atoms with van der Waals surface area (Å²) in [5.74, 6) is 0. The number of nitrogens with zero attached hydrogens (tertiary/aromatic N) is 1. The van der Waals surface area contributed by atoms with E-state index < -0.39 is 0 Å². The lowest BCUT2D eigenvalue weighted by Crippen LogP contribution is -1.71. The van der Waals surface area contributed by atoms with Crippen LogP contribution in [0.15, 0.2) is 31.9 Å². The van der Waals surface area contributed by atoms with Crippen molar-refractivity contribution >= 4 is 43.0 Å². The normalized spacial score (nSPS) is 10.7. The molecule has 1 heterocycles. The van der Waals surface area contributed by atoms with Gasteiger partial charge in [-0.1, -0.05) is 15.9 Å². The van der Waals surface area contributed by atoms with E-state index in [1.807, 2.05) is 12.1 Å². The van der Waals surface area contributed by atoms with Crippen molar-refractivity contribution in [1.29, 1.82) is 0 Å². The van der Waals surface area contributed by atoms with Gasteiger partial charge in [-0.25, -0.2) is 4.98 Å². The predicted octanol–water partition coefficient (Wildman–Crippen LogP) is 3.35. The molecule has 0 aliphatic carbocycles. The van der Waals surface area contributed by atoms with Gasteiger partial charge in [0.15, 0.2) is 12.0 Å². The van der Waals surface area contributed by atoms with Gasteiger partial charge in [0.2, 0.25) is 0 Å². The number of rotatable bonds is 0. The highest BCUT2D eigenvalue weighted by Crippen LogP contribution is 2.26. The first-order chi connectivity index (χ1) is 5.27. The van der Waals surface area contributed by atoms with E-state index in [9.17, 15) is 0 Å². The van der Waals surface area contributed by atoms with Crippen LogP contribution in [0.1, 0.15) is 0 Å². The number of oxazole rings is 1. The molecule has 2 aromatic rings. The summed E-state index contributed by atoms with van der Waals surface area (Å²) in [6, 6.07) is 3.82. The van der Waals surface area contributed by atoms with Gasteiger partial charge in [0, 0.05) is 8.95 Å². The number of hydrogen-bond donors (Lipinski definition) is 0. The predicted molar refractivity (Wildman–Crippen MR) is 49.4 cm³/mol. The van der Waals surface area contributed by atoms with E-state index >= 15 is 0 Å². The second-order valence-corrected chi connectivity index (χ2v) is 3.86. The standard InChI is InChI=1S/C7H3Br2NO/c8-4-1-5(9)7-6(2-4)11-3-10-7/h1-3H. The maximum absolute atomic E-state index is 5.11. The molecule has 0 amide bonds. The van der Waals surface area contributed by atoms with Crippen LogP contribution in [0.5, 0.6) is 0 Å². The van der Waals surface area contributed by atoms with Gasteiger partial charge < -0.3 is 4.42 Å². The molecule has 1 aromatic heterocycles. The van der Waals surface area contributed by atoms with Crippen molar-refractivity contribution in [2.24, 2.45) is 0 Å². The molecule has 0 saturated carbocycles. The lowest BCUT2D eigenvalue weighted by Gasteiger charge is -1.91. The molecule has 4 heteroatoms. The Hall–Kier alpha value is -0.350. The number of hydrogen-bond acceptors (Lipinski definition) is 2. The molecule has 0 saturated heterocycles. The van der Waals surface area contributed by atoms with E-state index in [4.69, 9.17) is 4.42 Å². The first-order valence-electron chi connectivity index (χ1n) is 2.95.